The molecule has 0 spiro atoms. The lowest BCUT2D eigenvalue weighted by Gasteiger charge is -2.12. The van der Waals surface area contributed by atoms with Gasteiger partial charge in [0.1, 0.15) is 0 Å². The Balaban J connectivity index is 1.98. The average molecular weight is 314 g/mol. The third-order valence-corrected chi connectivity index (χ3v) is 3.43. The fourth-order valence-corrected chi connectivity index (χ4v) is 2.04. The zero-order valence-electron chi connectivity index (χ0n) is 13.4. The van der Waals surface area contributed by atoms with Gasteiger partial charge in [-0.15, -0.1) is 5.10 Å². The number of carbonyl (C=O) groups is 1. The lowest BCUT2D eigenvalue weighted by molar-refractivity contribution is 0.0945. The van der Waals surface area contributed by atoms with Crippen molar-refractivity contribution in [1.29, 1.82) is 0 Å². The van der Waals surface area contributed by atoms with Crippen molar-refractivity contribution < 1.29 is 9.90 Å². The number of rotatable bonds is 7. The van der Waals surface area contributed by atoms with E-state index >= 15 is 0 Å². The zero-order valence-corrected chi connectivity index (χ0v) is 13.4. The molecule has 2 aromatic rings. The summed E-state index contributed by atoms with van der Waals surface area (Å²) in [4.78, 5) is 12.2. The molecular formula is C17H22N4O2. The molecule has 0 aliphatic rings. The maximum atomic E-state index is 12.2. The third-order valence-electron chi connectivity index (χ3n) is 3.43. The molecule has 1 aromatic heterocycles. The minimum Gasteiger partial charge on any atom is -0.396 e. The molecule has 2 rings (SSSR count). The predicted molar refractivity (Wildman–Crippen MR) is 89.7 cm³/mol. The highest BCUT2D eigenvalue weighted by Crippen LogP contribution is 2.15. The number of benzene rings is 1. The summed E-state index contributed by atoms with van der Waals surface area (Å²) < 4.78 is 0. The Morgan fingerprint density at radius 2 is 2.09 bits per heavy atom. The van der Waals surface area contributed by atoms with Gasteiger partial charge in [-0.25, -0.2) is 0 Å². The Morgan fingerprint density at radius 1 is 1.26 bits per heavy atom. The van der Waals surface area contributed by atoms with Crippen LogP contribution in [-0.2, 0) is 0 Å². The molecule has 0 bridgehead atoms. The van der Waals surface area contributed by atoms with Crippen LogP contribution >= 0.6 is 0 Å². The van der Waals surface area contributed by atoms with Crippen LogP contribution in [0, 0.1) is 12.8 Å². The van der Waals surface area contributed by atoms with E-state index in [1.807, 2.05) is 38.1 Å². The van der Waals surface area contributed by atoms with Crippen LogP contribution in [0.5, 0.6) is 0 Å². The van der Waals surface area contributed by atoms with E-state index in [1.165, 1.54) is 0 Å². The largest absolute Gasteiger partial charge is 0.396 e. The first-order valence-electron chi connectivity index (χ1n) is 7.65. The van der Waals surface area contributed by atoms with Crippen molar-refractivity contribution in [1.82, 2.24) is 15.5 Å². The number of aromatic nitrogens is 2. The summed E-state index contributed by atoms with van der Waals surface area (Å²) in [6.07, 6.45) is 0.675. The molecule has 3 N–H and O–H groups in total. The van der Waals surface area contributed by atoms with Crippen molar-refractivity contribution in [3.05, 3.63) is 47.7 Å². The van der Waals surface area contributed by atoms with Gasteiger partial charge in [-0.05, 0) is 49.6 Å². The van der Waals surface area contributed by atoms with Gasteiger partial charge in [0.15, 0.2) is 5.82 Å². The van der Waals surface area contributed by atoms with Crippen LogP contribution in [0.25, 0.3) is 0 Å². The summed E-state index contributed by atoms with van der Waals surface area (Å²) in [5.74, 6) is 0.742. The number of hydrogen-bond acceptors (Lipinski definition) is 5. The van der Waals surface area contributed by atoms with Crippen LogP contribution in [0.2, 0.25) is 0 Å². The molecule has 1 heterocycles. The number of aliphatic hydroxyl groups excluding tert-OH is 1. The standard InChI is InChI=1S/C17H22N4O2/c1-12(8-9-22)11-18-17(23)14-4-3-5-15(10-14)19-16-7-6-13(2)20-21-16/h3-7,10,12,22H,8-9,11H2,1-2H3,(H,18,23)(H,19,21). The lowest BCUT2D eigenvalue weighted by atomic mass is 10.1. The molecule has 1 aromatic carbocycles. The molecule has 122 valence electrons. The Morgan fingerprint density at radius 3 is 2.78 bits per heavy atom. The first-order chi connectivity index (χ1) is 11.1. The van der Waals surface area contributed by atoms with Crippen molar-refractivity contribution in [3.63, 3.8) is 0 Å². The fourth-order valence-electron chi connectivity index (χ4n) is 2.04. The van der Waals surface area contributed by atoms with E-state index in [0.29, 0.717) is 24.3 Å². The maximum absolute atomic E-state index is 12.2. The van der Waals surface area contributed by atoms with E-state index in [9.17, 15) is 4.79 Å². The van der Waals surface area contributed by atoms with E-state index < -0.39 is 0 Å². The van der Waals surface area contributed by atoms with E-state index in [2.05, 4.69) is 20.8 Å². The zero-order chi connectivity index (χ0) is 16.7. The molecule has 6 heteroatoms. The van der Waals surface area contributed by atoms with E-state index in [-0.39, 0.29) is 18.4 Å². The molecule has 0 saturated heterocycles. The molecule has 0 saturated carbocycles. The second-order valence-electron chi connectivity index (χ2n) is 5.59. The highest BCUT2D eigenvalue weighted by Gasteiger charge is 2.08. The van der Waals surface area contributed by atoms with Crippen LogP contribution in [0.3, 0.4) is 0 Å². The average Bonchev–Trinajstić information content (AvgIpc) is 2.55. The molecular weight excluding hydrogens is 292 g/mol. The van der Waals surface area contributed by atoms with Crippen molar-refractivity contribution in [3.8, 4) is 0 Å². The number of anilines is 2. The van der Waals surface area contributed by atoms with Crippen molar-refractivity contribution in [2.45, 2.75) is 20.3 Å². The van der Waals surface area contributed by atoms with Gasteiger partial charge in [0.25, 0.3) is 5.91 Å². The highest BCUT2D eigenvalue weighted by molar-refractivity contribution is 5.95. The molecule has 1 unspecified atom stereocenters. The SMILES string of the molecule is Cc1ccc(Nc2cccc(C(=O)NCC(C)CCO)c2)nn1. The Labute approximate surface area is 136 Å². The number of aliphatic hydroxyl groups is 1. The van der Waals surface area contributed by atoms with Gasteiger partial charge in [0, 0.05) is 24.4 Å². The third kappa shape index (κ3) is 5.34. The number of carbonyl (C=O) groups excluding carboxylic acids is 1. The van der Waals surface area contributed by atoms with E-state index in [0.717, 1.165) is 11.4 Å². The summed E-state index contributed by atoms with van der Waals surface area (Å²) in [6.45, 7) is 4.54. The molecule has 0 aliphatic heterocycles. The van der Waals surface area contributed by atoms with Gasteiger partial charge in [0.05, 0.1) is 5.69 Å². The normalized spacial score (nSPS) is 11.8. The second kappa shape index (κ2) is 8.24. The van der Waals surface area contributed by atoms with E-state index in [1.54, 1.807) is 12.1 Å². The van der Waals surface area contributed by atoms with Crippen molar-refractivity contribution in [2.24, 2.45) is 5.92 Å². The highest BCUT2D eigenvalue weighted by atomic mass is 16.3. The first-order valence-corrected chi connectivity index (χ1v) is 7.65. The van der Waals surface area contributed by atoms with Crippen molar-refractivity contribution >= 4 is 17.4 Å². The minimum atomic E-state index is -0.131. The maximum Gasteiger partial charge on any atom is 0.251 e. The molecule has 6 nitrogen and oxygen atoms in total. The second-order valence-corrected chi connectivity index (χ2v) is 5.59. The Bertz CT molecular complexity index is 643. The number of hydrogen-bond donors (Lipinski definition) is 3. The molecule has 1 amide bonds. The number of aryl methyl sites for hydroxylation is 1. The summed E-state index contributed by atoms with van der Waals surface area (Å²) in [5.41, 5.74) is 2.20. The molecule has 23 heavy (non-hydrogen) atoms. The monoisotopic (exact) mass is 314 g/mol. The predicted octanol–water partition coefficient (Wildman–Crippen LogP) is 2.28. The number of amides is 1. The van der Waals surface area contributed by atoms with E-state index in [4.69, 9.17) is 5.11 Å². The Hall–Kier alpha value is -2.47. The van der Waals surface area contributed by atoms with Crippen molar-refractivity contribution in [2.75, 3.05) is 18.5 Å². The van der Waals surface area contributed by atoms with Crippen LogP contribution < -0.4 is 10.6 Å². The summed E-state index contributed by atoms with van der Waals surface area (Å²) in [7, 11) is 0. The summed E-state index contributed by atoms with van der Waals surface area (Å²) in [5, 5.41) is 22.9. The van der Waals surface area contributed by atoms with Gasteiger partial charge in [-0.1, -0.05) is 13.0 Å². The number of nitrogens with zero attached hydrogens (tertiary/aromatic N) is 2. The van der Waals surface area contributed by atoms with Gasteiger partial charge in [-0.2, -0.15) is 5.10 Å². The quantitative estimate of drug-likeness (QED) is 0.730. The first kappa shape index (κ1) is 16.9. The molecule has 0 aliphatic carbocycles. The lowest BCUT2D eigenvalue weighted by Crippen LogP contribution is -2.28. The van der Waals surface area contributed by atoms with Gasteiger partial charge < -0.3 is 15.7 Å². The van der Waals surface area contributed by atoms with Gasteiger partial charge in [0.2, 0.25) is 0 Å². The summed E-state index contributed by atoms with van der Waals surface area (Å²) in [6, 6.07) is 10.9. The minimum absolute atomic E-state index is 0.131. The van der Waals surface area contributed by atoms with Gasteiger partial charge >= 0.3 is 0 Å². The molecule has 1 atom stereocenters. The van der Waals surface area contributed by atoms with Crippen LogP contribution in [-0.4, -0.2) is 34.4 Å². The van der Waals surface area contributed by atoms with Gasteiger partial charge in [-0.3, -0.25) is 4.79 Å². The van der Waals surface area contributed by atoms with Crippen LogP contribution in [0.1, 0.15) is 29.4 Å². The Kier molecular flexibility index (Phi) is 6.05. The smallest absolute Gasteiger partial charge is 0.251 e. The fraction of sp³-hybridized carbons (Fsp3) is 0.353. The summed E-state index contributed by atoms with van der Waals surface area (Å²) >= 11 is 0. The van der Waals surface area contributed by atoms with Crippen LogP contribution in [0.4, 0.5) is 11.5 Å². The molecule has 0 fully saturated rings. The topological polar surface area (TPSA) is 87.1 Å². The number of nitrogens with one attached hydrogen (secondary N) is 2. The molecule has 0 radical (unpaired) electrons. The van der Waals surface area contributed by atoms with Crippen LogP contribution in [0.15, 0.2) is 36.4 Å².